The molecular formula is C28H35N7O. The fourth-order valence-corrected chi connectivity index (χ4v) is 4.48. The van der Waals surface area contributed by atoms with E-state index in [0.29, 0.717) is 24.0 Å². The Balaban J connectivity index is 1.21. The van der Waals surface area contributed by atoms with Crippen molar-refractivity contribution in [2.75, 3.05) is 31.5 Å². The van der Waals surface area contributed by atoms with E-state index in [4.69, 9.17) is 9.62 Å². The average Bonchev–Trinajstić information content (AvgIpc) is 3.62. The summed E-state index contributed by atoms with van der Waals surface area (Å²) in [6.45, 7) is 13.7. The number of nitrogens with zero attached hydrogens (tertiary/aromatic N) is 6. The van der Waals surface area contributed by atoms with Crippen molar-refractivity contribution in [1.29, 1.82) is 0 Å². The first-order valence-electron chi connectivity index (χ1n) is 12.8. The molecule has 1 aromatic carbocycles. The summed E-state index contributed by atoms with van der Waals surface area (Å²) in [4.78, 5) is 11.7. The smallest absolute Gasteiger partial charge is 0.278 e. The molecule has 0 unspecified atom stereocenters. The lowest BCUT2D eigenvalue weighted by Crippen LogP contribution is -2.26. The van der Waals surface area contributed by atoms with E-state index in [1.807, 2.05) is 42.1 Å². The van der Waals surface area contributed by atoms with E-state index in [0.717, 1.165) is 35.7 Å². The minimum atomic E-state index is 0.102. The quantitative estimate of drug-likeness (QED) is 0.369. The molecule has 5 rings (SSSR count). The van der Waals surface area contributed by atoms with Gasteiger partial charge in [0.25, 0.3) is 5.89 Å². The molecule has 0 spiro atoms. The molecule has 1 fully saturated rings. The summed E-state index contributed by atoms with van der Waals surface area (Å²) in [6, 6.07) is 14.4. The highest BCUT2D eigenvalue weighted by Crippen LogP contribution is 2.26. The predicted molar refractivity (Wildman–Crippen MR) is 142 cm³/mol. The largest absolute Gasteiger partial charge is 0.369 e. The van der Waals surface area contributed by atoms with Crippen LogP contribution < -0.4 is 5.32 Å². The molecule has 0 saturated carbocycles. The summed E-state index contributed by atoms with van der Waals surface area (Å²) in [5.74, 6) is 1.89. The SMILES string of the molecule is Cc1cc(-c2nc(-c3ccc(C(C)(C)C)cc3)no2)nn1Cc1ccc(NCCN2CCCC2)nc1. The maximum Gasteiger partial charge on any atom is 0.278 e. The number of likely N-dealkylation sites (tertiary alicyclic amines) is 1. The minimum Gasteiger partial charge on any atom is -0.369 e. The fraction of sp³-hybridized carbons (Fsp3) is 0.429. The monoisotopic (exact) mass is 485 g/mol. The first-order chi connectivity index (χ1) is 17.3. The van der Waals surface area contributed by atoms with Gasteiger partial charge in [0.15, 0.2) is 5.69 Å². The molecule has 0 amide bonds. The Morgan fingerprint density at radius 2 is 1.81 bits per heavy atom. The Morgan fingerprint density at radius 3 is 2.50 bits per heavy atom. The van der Waals surface area contributed by atoms with Gasteiger partial charge in [-0.05, 0) is 61.5 Å². The first kappa shape index (κ1) is 24.2. The minimum absolute atomic E-state index is 0.102. The molecule has 1 saturated heterocycles. The van der Waals surface area contributed by atoms with Gasteiger partial charge in [0.05, 0.1) is 6.54 Å². The molecule has 0 bridgehead atoms. The lowest BCUT2D eigenvalue weighted by Gasteiger charge is -2.18. The standard InChI is InChI=1S/C28H35N7O/c1-20-17-24(27-31-26(33-36-27)22-8-10-23(11-9-22)28(2,3)4)32-35(20)19-21-7-12-25(30-18-21)29-13-16-34-14-5-6-15-34/h7-12,17-18H,5-6,13-16,19H2,1-4H3,(H,29,30). The van der Waals surface area contributed by atoms with Gasteiger partial charge in [-0.2, -0.15) is 10.1 Å². The zero-order valence-electron chi connectivity index (χ0n) is 21.7. The van der Waals surface area contributed by atoms with Crippen LogP contribution in [0.15, 0.2) is 53.2 Å². The number of aromatic nitrogens is 5. The second kappa shape index (κ2) is 10.2. The third-order valence-electron chi connectivity index (χ3n) is 6.73. The number of hydrogen-bond donors (Lipinski definition) is 1. The van der Waals surface area contributed by atoms with Crippen LogP contribution in [0.3, 0.4) is 0 Å². The molecule has 4 heterocycles. The molecule has 0 atom stereocenters. The maximum absolute atomic E-state index is 5.55. The number of anilines is 1. The lowest BCUT2D eigenvalue weighted by atomic mass is 9.87. The van der Waals surface area contributed by atoms with Crippen molar-refractivity contribution in [2.45, 2.75) is 52.5 Å². The van der Waals surface area contributed by atoms with Crippen LogP contribution in [0, 0.1) is 6.92 Å². The van der Waals surface area contributed by atoms with E-state index in [1.54, 1.807) is 0 Å². The van der Waals surface area contributed by atoms with Gasteiger partial charge in [0.1, 0.15) is 5.82 Å². The summed E-state index contributed by atoms with van der Waals surface area (Å²) < 4.78 is 7.49. The topological polar surface area (TPSA) is 84.9 Å². The third kappa shape index (κ3) is 5.65. The Morgan fingerprint density at radius 1 is 1.03 bits per heavy atom. The van der Waals surface area contributed by atoms with Crippen LogP contribution in [0.2, 0.25) is 0 Å². The summed E-state index contributed by atoms with van der Waals surface area (Å²) in [7, 11) is 0. The number of benzene rings is 1. The van der Waals surface area contributed by atoms with Gasteiger partial charge in [0, 0.05) is 30.5 Å². The molecule has 36 heavy (non-hydrogen) atoms. The molecule has 1 aliphatic heterocycles. The summed E-state index contributed by atoms with van der Waals surface area (Å²) in [6.07, 6.45) is 4.55. The third-order valence-corrected chi connectivity index (χ3v) is 6.73. The van der Waals surface area contributed by atoms with E-state index in [9.17, 15) is 0 Å². The van der Waals surface area contributed by atoms with E-state index >= 15 is 0 Å². The van der Waals surface area contributed by atoms with E-state index in [2.05, 4.69) is 64.3 Å². The van der Waals surface area contributed by atoms with Crippen LogP contribution in [0.4, 0.5) is 5.82 Å². The van der Waals surface area contributed by atoms with Crippen LogP contribution >= 0.6 is 0 Å². The van der Waals surface area contributed by atoms with Crippen LogP contribution in [-0.4, -0.2) is 56.0 Å². The summed E-state index contributed by atoms with van der Waals surface area (Å²) in [5, 5.41) is 12.3. The number of aryl methyl sites for hydroxylation is 1. The molecule has 0 aliphatic carbocycles. The number of hydrogen-bond acceptors (Lipinski definition) is 7. The zero-order chi connectivity index (χ0) is 25.1. The Kier molecular flexibility index (Phi) is 6.87. The number of nitrogens with one attached hydrogen (secondary N) is 1. The molecule has 0 radical (unpaired) electrons. The van der Waals surface area contributed by atoms with Gasteiger partial charge >= 0.3 is 0 Å². The molecule has 8 nitrogen and oxygen atoms in total. The van der Waals surface area contributed by atoms with E-state index in [-0.39, 0.29) is 5.41 Å². The zero-order valence-corrected chi connectivity index (χ0v) is 21.7. The number of pyridine rings is 1. The highest BCUT2D eigenvalue weighted by atomic mass is 16.5. The highest BCUT2D eigenvalue weighted by Gasteiger charge is 2.17. The summed E-state index contributed by atoms with van der Waals surface area (Å²) in [5.41, 5.74) is 5.07. The van der Waals surface area contributed by atoms with Gasteiger partial charge in [-0.1, -0.05) is 56.3 Å². The molecule has 1 N–H and O–H groups in total. The van der Waals surface area contributed by atoms with Crippen LogP contribution in [0.25, 0.3) is 23.0 Å². The molecular weight excluding hydrogens is 450 g/mol. The maximum atomic E-state index is 5.55. The van der Waals surface area contributed by atoms with Gasteiger partial charge in [-0.15, -0.1) is 0 Å². The van der Waals surface area contributed by atoms with Crippen molar-refractivity contribution < 1.29 is 4.52 Å². The molecule has 8 heteroatoms. The lowest BCUT2D eigenvalue weighted by molar-refractivity contribution is 0.352. The molecule has 188 valence electrons. The van der Waals surface area contributed by atoms with Crippen molar-refractivity contribution >= 4 is 5.82 Å². The van der Waals surface area contributed by atoms with Crippen molar-refractivity contribution in [1.82, 2.24) is 29.8 Å². The summed E-state index contributed by atoms with van der Waals surface area (Å²) >= 11 is 0. The second-order valence-corrected chi connectivity index (χ2v) is 10.6. The molecule has 3 aromatic heterocycles. The Labute approximate surface area is 212 Å². The van der Waals surface area contributed by atoms with Crippen LogP contribution in [0.5, 0.6) is 0 Å². The van der Waals surface area contributed by atoms with Gasteiger partial charge in [-0.25, -0.2) is 4.98 Å². The highest BCUT2D eigenvalue weighted by molar-refractivity contribution is 5.58. The van der Waals surface area contributed by atoms with Crippen molar-refractivity contribution in [3.8, 4) is 23.0 Å². The van der Waals surface area contributed by atoms with Gasteiger partial charge < -0.3 is 14.7 Å². The fourth-order valence-electron chi connectivity index (χ4n) is 4.48. The predicted octanol–water partition coefficient (Wildman–Crippen LogP) is 5.16. The number of rotatable bonds is 8. The van der Waals surface area contributed by atoms with Crippen molar-refractivity contribution in [3.63, 3.8) is 0 Å². The van der Waals surface area contributed by atoms with Gasteiger partial charge in [0.2, 0.25) is 5.82 Å². The van der Waals surface area contributed by atoms with E-state index < -0.39 is 0 Å². The normalized spacial score (nSPS) is 14.4. The molecule has 4 aromatic rings. The first-order valence-corrected chi connectivity index (χ1v) is 12.8. The van der Waals surface area contributed by atoms with Crippen molar-refractivity contribution in [3.05, 3.63) is 65.5 Å². The van der Waals surface area contributed by atoms with E-state index in [1.165, 1.54) is 31.5 Å². The van der Waals surface area contributed by atoms with Crippen LogP contribution in [-0.2, 0) is 12.0 Å². The Bertz CT molecular complexity index is 1280. The average molecular weight is 486 g/mol. The van der Waals surface area contributed by atoms with Gasteiger partial charge in [-0.3, -0.25) is 4.68 Å². The van der Waals surface area contributed by atoms with Crippen molar-refractivity contribution in [2.24, 2.45) is 0 Å². The Hall–Kier alpha value is -3.52. The van der Waals surface area contributed by atoms with Crippen LogP contribution in [0.1, 0.15) is 50.4 Å². The second-order valence-electron chi connectivity index (χ2n) is 10.6. The molecule has 1 aliphatic rings.